The van der Waals surface area contributed by atoms with Crippen molar-refractivity contribution in [2.24, 2.45) is 0 Å². The summed E-state index contributed by atoms with van der Waals surface area (Å²) in [6.07, 6.45) is 4.29. The van der Waals surface area contributed by atoms with E-state index in [0.29, 0.717) is 6.04 Å². The van der Waals surface area contributed by atoms with Crippen molar-refractivity contribution in [2.75, 3.05) is 20.6 Å². The van der Waals surface area contributed by atoms with E-state index in [4.69, 9.17) is 0 Å². The van der Waals surface area contributed by atoms with Gasteiger partial charge in [0.1, 0.15) is 11.6 Å². The fourth-order valence-electron chi connectivity index (χ4n) is 3.08. The van der Waals surface area contributed by atoms with Crippen LogP contribution >= 0.6 is 0 Å². The molecule has 2 nitrogen and oxygen atoms in total. The molecule has 136 valence electrons. The monoisotopic (exact) mass is 346 g/mol. The molecule has 0 radical (unpaired) electrons. The molecule has 1 N–H and O–H groups in total. The van der Waals surface area contributed by atoms with Crippen molar-refractivity contribution < 1.29 is 8.78 Å². The van der Waals surface area contributed by atoms with Crippen molar-refractivity contribution in [1.29, 1.82) is 0 Å². The van der Waals surface area contributed by atoms with Gasteiger partial charge in [-0.25, -0.2) is 8.78 Å². The molecule has 2 rings (SSSR count). The lowest BCUT2D eigenvalue weighted by atomic mass is 10.0. The number of unbranched alkanes of at least 4 members (excludes halogenated alkanes) is 1. The van der Waals surface area contributed by atoms with E-state index >= 15 is 0 Å². The summed E-state index contributed by atoms with van der Waals surface area (Å²) in [6.45, 7) is 1.73. The van der Waals surface area contributed by atoms with Crippen LogP contribution in [-0.4, -0.2) is 31.6 Å². The number of nitrogens with zero attached hydrogens (tertiary/aromatic N) is 1. The molecule has 0 amide bonds. The van der Waals surface area contributed by atoms with Gasteiger partial charge in [-0.05, 0) is 68.8 Å². The minimum Gasteiger partial charge on any atom is -0.318 e. The Bertz CT molecular complexity index is 611. The lowest BCUT2D eigenvalue weighted by Gasteiger charge is -2.28. The zero-order valence-corrected chi connectivity index (χ0v) is 15.1. The van der Waals surface area contributed by atoms with Crippen LogP contribution in [0.3, 0.4) is 0 Å². The maximum atomic E-state index is 13.0. The van der Waals surface area contributed by atoms with Crippen LogP contribution < -0.4 is 5.32 Å². The molecule has 0 fully saturated rings. The molecule has 0 aliphatic heterocycles. The average Bonchev–Trinajstić information content (AvgIpc) is 2.61. The van der Waals surface area contributed by atoms with Gasteiger partial charge in [-0.2, -0.15) is 0 Å². The van der Waals surface area contributed by atoms with Crippen LogP contribution in [0, 0.1) is 11.6 Å². The van der Waals surface area contributed by atoms with Crippen molar-refractivity contribution >= 4 is 0 Å². The van der Waals surface area contributed by atoms with E-state index in [9.17, 15) is 8.78 Å². The first-order valence-electron chi connectivity index (χ1n) is 8.92. The summed E-state index contributed by atoms with van der Waals surface area (Å²) in [5, 5.41) is 3.27. The smallest absolute Gasteiger partial charge is 0.123 e. The molecular formula is C21H28F2N2. The summed E-state index contributed by atoms with van der Waals surface area (Å²) in [7, 11) is 4.09. The fraction of sp³-hybridized carbons (Fsp3) is 0.429. The third-order valence-electron chi connectivity index (χ3n) is 4.57. The number of halogens is 2. The molecular weight excluding hydrogens is 318 g/mol. The Morgan fingerprint density at radius 1 is 0.880 bits per heavy atom. The molecule has 2 aromatic carbocycles. The van der Waals surface area contributed by atoms with Gasteiger partial charge in [0.2, 0.25) is 0 Å². The number of aryl methyl sites for hydroxylation is 1. The van der Waals surface area contributed by atoms with Gasteiger partial charge < -0.3 is 5.32 Å². The van der Waals surface area contributed by atoms with Gasteiger partial charge in [-0.15, -0.1) is 0 Å². The summed E-state index contributed by atoms with van der Waals surface area (Å²) in [5.74, 6) is -0.376. The van der Waals surface area contributed by atoms with Gasteiger partial charge in [0.05, 0.1) is 0 Å². The van der Waals surface area contributed by atoms with Crippen molar-refractivity contribution in [2.45, 2.75) is 38.3 Å². The van der Waals surface area contributed by atoms with Gasteiger partial charge in [0.15, 0.2) is 0 Å². The topological polar surface area (TPSA) is 15.3 Å². The van der Waals surface area contributed by atoms with E-state index in [1.165, 1.54) is 29.8 Å². The molecule has 1 atom stereocenters. The number of rotatable bonds is 10. The Balaban J connectivity index is 1.78. The van der Waals surface area contributed by atoms with Crippen LogP contribution in [0.15, 0.2) is 48.5 Å². The van der Waals surface area contributed by atoms with Gasteiger partial charge in [0, 0.05) is 19.1 Å². The molecule has 0 spiro atoms. The molecule has 2 aromatic rings. The molecule has 0 saturated carbocycles. The van der Waals surface area contributed by atoms with Crippen molar-refractivity contribution in [3.8, 4) is 0 Å². The molecule has 25 heavy (non-hydrogen) atoms. The Morgan fingerprint density at radius 3 is 2.00 bits per heavy atom. The quantitative estimate of drug-likeness (QED) is 0.642. The Kier molecular flexibility index (Phi) is 8.02. The maximum Gasteiger partial charge on any atom is 0.123 e. The Hall–Kier alpha value is -1.78. The molecule has 0 saturated heterocycles. The lowest BCUT2D eigenvalue weighted by molar-refractivity contribution is 0.215. The zero-order chi connectivity index (χ0) is 18.1. The van der Waals surface area contributed by atoms with E-state index < -0.39 is 0 Å². The van der Waals surface area contributed by atoms with E-state index in [1.807, 2.05) is 31.3 Å². The fourth-order valence-corrected chi connectivity index (χ4v) is 3.08. The van der Waals surface area contributed by atoms with Crippen LogP contribution in [0.5, 0.6) is 0 Å². The summed E-state index contributed by atoms with van der Waals surface area (Å²) in [5.41, 5.74) is 2.31. The van der Waals surface area contributed by atoms with Crippen molar-refractivity contribution in [3.05, 3.63) is 71.3 Å². The largest absolute Gasteiger partial charge is 0.318 e. The Labute approximate surface area is 149 Å². The maximum absolute atomic E-state index is 13.0. The highest BCUT2D eigenvalue weighted by Gasteiger charge is 2.14. The minimum atomic E-state index is -0.195. The Morgan fingerprint density at radius 2 is 1.44 bits per heavy atom. The first kappa shape index (κ1) is 19.5. The lowest BCUT2D eigenvalue weighted by Crippen LogP contribution is -2.38. The van der Waals surface area contributed by atoms with Crippen molar-refractivity contribution in [1.82, 2.24) is 10.2 Å². The van der Waals surface area contributed by atoms with E-state index in [0.717, 1.165) is 44.3 Å². The van der Waals surface area contributed by atoms with Crippen LogP contribution in [0.2, 0.25) is 0 Å². The van der Waals surface area contributed by atoms with E-state index in [-0.39, 0.29) is 11.6 Å². The molecule has 0 aliphatic rings. The van der Waals surface area contributed by atoms with Gasteiger partial charge >= 0.3 is 0 Å². The molecule has 0 aliphatic carbocycles. The van der Waals surface area contributed by atoms with E-state index in [2.05, 4.69) is 17.3 Å². The molecule has 0 heterocycles. The van der Waals surface area contributed by atoms with E-state index in [1.54, 1.807) is 0 Å². The summed E-state index contributed by atoms with van der Waals surface area (Å²) in [6, 6.07) is 13.9. The van der Waals surface area contributed by atoms with Gasteiger partial charge in [0.25, 0.3) is 0 Å². The van der Waals surface area contributed by atoms with Crippen LogP contribution in [0.1, 0.15) is 30.4 Å². The average molecular weight is 346 g/mol. The second-order valence-corrected chi connectivity index (χ2v) is 6.63. The second kappa shape index (κ2) is 10.3. The number of hydrogen-bond donors (Lipinski definition) is 1. The summed E-state index contributed by atoms with van der Waals surface area (Å²) in [4.78, 5) is 2.32. The van der Waals surface area contributed by atoms with Gasteiger partial charge in [-0.3, -0.25) is 4.90 Å². The SMILES string of the molecule is CNCC(CCCCc1ccc(F)cc1)N(C)Cc1ccc(F)cc1. The normalized spacial score (nSPS) is 12.5. The highest BCUT2D eigenvalue weighted by atomic mass is 19.1. The number of nitrogens with one attached hydrogen (secondary N) is 1. The predicted molar refractivity (Wildman–Crippen MR) is 99.5 cm³/mol. The summed E-state index contributed by atoms with van der Waals surface area (Å²) < 4.78 is 25.9. The van der Waals surface area contributed by atoms with Crippen LogP contribution in [-0.2, 0) is 13.0 Å². The number of hydrogen-bond acceptors (Lipinski definition) is 2. The van der Waals surface area contributed by atoms with Gasteiger partial charge in [-0.1, -0.05) is 30.7 Å². The first-order valence-corrected chi connectivity index (χ1v) is 8.92. The minimum absolute atomic E-state index is 0.180. The first-order chi connectivity index (χ1) is 12.1. The third-order valence-corrected chi connectivity index (χ3v) is 4.57. The third kappa shape index (κ3) is 6.92. The number of likely N-dealkylation sites (N-methyl/N-ethyl adjacent to an activating group) is 2. The molecule has 0 aromatic heterocycles. The van der Waals surface area contributed by atoms with Crippen LogP contribution in [0.4, 0.5) is 8.78 Å². The van der Waals surface area contributed by atoms with Crippen LogP contribution in [0.25, 0.3) is 0 Å². The highest BCUT2D eigenvalue weighted by Crippen LogP contribution is 2.14. The standard InChI is InChI=1S/C21H28F2N2/c1-24-15-21(25(2)16-18-9-13-20(23)14-10-18)6-4-3-5-17-7-11-19(22)12-8-17/h7-14,21,24H,3-6,15-16H2,1-2H3. The molecule has 0 bridgehead atoms. The zero-order valence-electron chi connectivity index (χ0n) is 15.1. The summed E-state index contributed by atoms with van der Waals surface area (Å²) >= 11 is 0. The second-order valence-electron chi connectivity index (χ2n) is 6.63. The number of benzene rings is 2. The molecule has 4 heteroatoms. The highest BCUT2D eigenvalue weighted by molar-refractivity contribution is 5.16. The predicted octanol–water partition coefficient (Wildman–Crippen LogP) is 4.40. The van der Waals surface area contributed by atoms with Crippen molar-refractivity contribution in [3.63, 3.8) is 0 Å². The molecule has 1 unspecified atom stereocenters.